The molecule has 1 N–H and O–H groups in total. The summed E-state index contributed by atoms with van der Waals surface area (Å²) in [6, 6.07) is 10.4. The van der Waals surface area contributed by atoms with Crippen LogP contribution in [0.25, 0.3) is 0 Å². The van der Waals surface area contributed by atoms with E-state index >= 15 is 0 Å². The van der Waals surface area contributed by atoms with Crippen LogP contribution in [0.3, 0.4) is 0 Å². The molecule has 0 aromatic heterocycles. The number of carbonyl (C=O) groups excluding carboxylic acids is 1. The second-order valence-corrected chi connectivity index (χ2v) is 6.45. The van der Waals surface area contributed by atoms with Gasteiger partial charge in [-0.25, -0.2) is 5.43 Å². The second-order valence-electron chi connectivity index (χ2n) is 6.45. The minimum absolute atomic E-state index is 0.144. The average molecular weight is 284 g/mol. The van der Waals surface area contributed by atoms with E-state index in [4.69, 9.17) is 0 Å². The van der Waals surface area contributed by atoms with Gasteiger partial charge in [-0.2, -0.15) is 5.10 Å². The Hall–Kier alpha value is -1.64. The Morgan fingerprint density at radius 3 is 2.52 bits per heavy atom. The number of hydrazone groups is 1. The molecule has 0 spiro atoms. The zero-order chi connectivity index (χ0) is 14.7. The number of hydrogen-bond acceptors (Lipinski definition) is 2. The average Bonchev–Trinajstić information content (AvgIpc) is 3.26. The first-order valence-electron chi connectivity index (χ1n) is 8.12. The van der Waals surface area contributed by atoms with Crippen molar-refractivity contribution in [3.8, 4) is 0 Å². The normalized spacial score (nSPS) is 27.9. The van der Waals surface area contributed by atoms with Crippen LogP contribution in [0.4, 0.5) is 0 Å². The van der Waals surface area contributed by atoms with Crippen LogP contribution >= 0.6 is 0 Å². The standard InChI is InChI=1S/C18H24N2O/c1-13(11-12-14-7-3-2-4-8-14)19-20-18(21)17-15-9-5-6-10-16(15)17/h2-4,7-8,15-17H,5-6,9-12H2,1H3,(H,20,21)/b19-13+. The molecule has 1 aromatic carbocycles. The molecule has 2 unspecified atom stereocenters. The summed E-state index contributed by atoms with van der Waals surface area (Å²) in [5.74, 6) is 1.70. The van der Waals surface area contributed by atoms with Crippen molar-refractivity contribution in [3.05, 3.63) is 35.9 Å². The molecule has 2 aliphatic carbocycles. The molecule has 1 amide bonds. The molecule has 0 radical (unpaired) electrons. The van der Waals surface area contributed by atoms with E-state index in [2.05, 4.69) is 34.8 Å². The topological polar surface area (TPSA) is 41.5 Å². The highest BCUT2D eigenvalue weighted by molar-refractivity contribution is 5.86. The Bertz CT molecular complexity index is 511. The van der Waals surface area contributed by atoms with Gasteiger partial charge in [-0.1, -0.05) is 43.2 Å². The van der Waals surface area contributed by atoms with Gasteiger partial charge in [0.25, 0.3) is 0 Å². The highest BCUT2D eigenvalue weighted by atomic mass is 16.2. The van der Waals surface area contributed by atoms with Gasteiger partial charge >= 0.3 is 0 Å². The van der Waals surface area contributed by atoms with Gasteiger partial charge in [0.1, 0.15) is 0 Å². The third-order valence-electron chi connectivity index (χ3n) is 4.93. The number of fused-ring (bicyclic) bond motifs is 1. The van der Waals surface area contributed by atoms with Crippen LogP contribution in [0, 0.1) is 17.8 Å². The van der Waals surface area contributed by atoms with E-state index in [1.165, 1.54) is 31.2 Å². The molecule has 21 heavy (non-hydrogen) atoms. The van der Waals surface area contributed by atoms with Crippen LogP contribution in [0.5, 0.6) is 0 Å². The van der Waals surface area contributed by atoms with E-state index in [9.17, 15) is 4.79 Å². The summed E-state index contributed by atoms with van der Waals surface area (Å²) in [6.07, 6.45) is 6.93. The fourth-order valence-corrected chi connectivity index (χ4v) is 3.63. The van der Waals surface area contributed by atoms with Crippen molar-refractivity contribution < 1.29 is 4.79 Å². The van der Waals surface area contributed by atoms with Crippen LogP contribution in [0.2, 0.25) is 0 Å². The summed E-state index contributed by atoms with van der Waals surface area (Å²) in [4.78, 5) is 12.1. The van der Waals surface area contributed by atoms with E-state index in [0.29, 0.717) is 11.8 Å². The Labute approximate surface area is 126 Å². The maximum atomic E-state index is 12.1. The molecular formula is C18H24N2O. The van der Waals surface area contributed by atoms with Crippen LogP contribution in [-0.2, 0) is 11.2 Å². The highest BCUT2D eigenvalue weighted by Crippen LogP contribution is 2.55. The smallest absolute Gasteiger partial charge is 0.243 e. The van der Waals surface area contributed by atoms with E-state index in [0.717, 1.165) is 18.6 Å². The Morgan fingerprint density at radius 1 is 1.19 bits per heavy atom. The summed E-state index contributed by atoms with van der Waals surface area (Å²) in [7, 11) is 0. The monoisotopic (exact) mass is 284 g/mol. The molecule has 0 aliphatic heterocycles. The van der Waals surface area contributed by atoms with Crippen molar-refractivity contribution in [1.29, 1.82) is 0 Å². The molecule has 2 atom stereocenters. The zero-order valence-corrected chi connectivity index (χ0v) is 12.7. The summed E-state index contributed by atoms with van der Waals surface area (Å²) in [6.45, 7) is 1.99. The molecule has 3 nitrogen and oxygen atoms in total. The van der Waals surface area contributed by atoms with Crippen LogP contribution in [-0.4, -0.2) is 11.6 Å². The number of benzene rings is 1. The maximum Gasteiger partial charge on any atom is 0.243 e. The lowest BCUT2D eigenvalue weighted by atomic mass is 10.0. The van der Waals surface area contributed by atoms with Gasteiger partial charge in [-0.15, -0.1) is 0 Å². The number of nitrogens with zero attached hydrogens (tertiary/aromatic N) is 1. The summed E-state index contributed by atoms with van der Waals surface area (Å²) in [5, 5.41) is 4.28. The predicted molar refractivity (Wildman–Crippen MR) is 85.0 cm³/mol. The molecule has 2 aliphatic rings. The van der Waals surface area contributed by atoms with E-state index in [1.54, 1.807) is 0 Å². The minimum Gasteiger partial charge on any atom is -0.273 e. The summed E-state index contributed by atoms with van der Waals surface area (Å²) >= 11 is 0. The Morgan fingerprint density at radius 2 is 1.86 bits per heavy atom. The largest absolute Gasteiger partial charge is 0.273 e. The fourth-order valence-electron chi connectivity index (χ4n) is 3.63. The molecule has 3 rings (SSSR count). The fraction of sp³-hybridized carbons (Fsp3) is 0.556. The molecule has 112 valence electrons. The van der Waals surface area contributed by atoms with E-state index in [1.807, 2.05) is 13.0 Å². The van der Waals surface area contributed by atoms with Crippen molar-refractivity contribution in [3.63, 3.8) is 0 Å². The van der Waals surface area contributed by atoms with E-state index in [-0.39, 0.29) is 11.8 Å². The molecule has 0 bridgehead atoms. The molecule has 0 heterocycles. The van der Waals surface area contributed by atoms with Crippen molar-refractivity contribution in [2.75, 3.05) is 0 Å². The first-order chi connectivity index (χ1) is 10.3. The van der Waals surface area contributed by atoms with Gasteiger partial charge in [-0.3, -0.25) is 4.79 Å². The lowest BCUT2D eigenvalue weighted by Gasteiger charge is -2.04. The lowest BCUT2D eigenvalue weighted by molar-refractivity contribution is -0.122. The zero-order valence-electron chi connectivity index (χ0n) is 12.7. The molecule has 1 aromatic rings. The summed E-state index contributed by atoms with van der Waals surface area (Å²) in [5.41, 5.74) is 5.09. The Balaban J connectivity index is 1.44. The third kappa shape index (κ3) is 3.52. The maximum absolute atomic E-state index is 12.1. The van der Waals surface area contributed by atoms with Gasteiger partial charge in [0, 0.05) is 11.6 Å². The summed E-state index contributed by atoms with van der Waals surface area (Å²) < 4.78 is 0. The molecule has 3 heteroatoms. The van der Waals surface area contributed by atoms with Gasteiger partial charge < -0.3 is 0 Å². The lowest BCUT2D eigenvalue weighted by Crippen LogP contribution is -2.22. The van der Waals surface area contributed by atoms with Crippen molar-refractivity contribution in [1.82, 2.24) is 5.43 Å². The second kappa shape index (κ2) is 6.42. The number of carbonyl (C=O) groups is 1. The van der Waals surface area contributed by atoms with Crippen LogP contribution in [0.15, 0.2) is 35.4 Å². The van der Waals surface area contributed by atoms with Gasteiger partial charge in [0.05, 0.1) is 0 Å². The number of hydrogen-bond donors (Lipinski definition) is 1. The van der Waals surface area contributed by atoms with Crippen LogP contribution in [0.1, 0.15) is 44.6 Å². The number of rotatable bonds is 5. The molecule has 2 fully saturated rings. The molecule has 2 saturated carbocycles. The third-order valence-corrected chi connectivity index (χ3v) is 4.93. The number of nitrogens with one attached hydrogen (secondary N) is 1. The van der Waals surface area contributed by atoms with Gasteiger partial charge in [-0.05, 0) is 50.0 Å². The quantitative estimate of drug-likeness (QED) is 0.652. The first-order valence-corrected chi connectivity index (χ1v) is 8.12. The minimum atomic E-state index is 0.144. The highest BCUT2D eigenvalue weighted by Gasteiger charge is 2.54. The van der Waals surface area contributed by atoms with E-state index < -0.39 is 0 Å². The van der Waals surface area contributed by atoms with Gasteiger partial charge in [0.2, 0.25) is 5.91 Å². The van der Waals surface area contributed by atoms with Crippen LogP contribution < -0.4 is 5.43 Å². The van der Waals surface area contributed by atoms with Gasteiger partial charge in [0.15, 0.2) is 0 Å². The molecule has 0 saturated heterocycles. The first kappa shape index (κ1) is 14.3. The molecular weight excluding hydrogens is 260 g/mol. The predicted octanol–water partition coefficient (Wildman–Crippen LogP) is 3.55. The number of amides is 1. The van der Waals surface area contributed by atoms with Crippen molar-refractivity contribution >= 4 is 11.6 Å². The number of aryl methyl sites for hydroxylation is 1. The SMILES string of the molecule is C/C(CCc1ccccc1)=N\NC(=O)C1C2CCCCC21. The van der Waals surface area contributed by atoms with Crippen molar-refractivity contribution in [2.24, 2.45) is 22.9 Å². The Kier molecular flexibility index (Phi) is 4.37. The van der Waals surface area contributed by atoms with Crippen molar-refractivity contribution in [2.45, 2.75) is 45.4 Å².